The molecule has 3 rings (SSSR count). The summed E-state index contributed by atoms with van der Waals surface area (Å²) in [5.41, 5.74) is 2.95. The predicted octanol–water partition coefficient (Wildman–Crippen LogP) is 5.24. The summed E-state index contributed by atoms with van der Waals surface area (Å²) in [6.45, 7) is -1.08. The van der Waals surface area contributed by atoms with Gasteiger partial charge in [0.15, 0.2) is 0 Å². The van der Waals surface area contributed by atoms with Gasteiger partial charge >= 0.3 is 0 Å². The standard InChI is InChI=1S/C22H17BrCl2FN3O3S/c23-16-4-1-3-15(11-16)12-27-28-22(30)14-29(13-19-20(25)5-2-6-21(19)26)33(31,32)18-9-7-17(24)8-10-18/h1-12H,13-14H2,(H,28,30)/b27-12-. The third-order valence-electron chi connectivity index (χ3n) is 4.42. The van der Waals surface area contributed by atoms with Crippen LogP contribution in [-0.4, -0.2) is 31.4 Å². The molecule has 172 valence electrons. The Hall–Kier alpha value is -2.30. The Balaban J connectivity index is 1.84. The molecule has 0 atom stereocenters. The normalized spacial score (nSPS) is 11.8. The van der Waals surface area contributed by atoms with E-state index in [9.17, 15) is 17.6 Å². The number of hydrogen-bond acceptors (Lipinski definition) is 4. The molecule has 0 saturated heterocycles. The molecule has 3 aromatic rings. The van der Waals surface area contributed by atoms with Crippen molar-refractivity contribution in [3.63, 3.8) is 0 Å². The highest BCUT2D eigenvalue weighted by molar-refractivity contribution is 9.10. The van der Waals surface area contributed by atoms with Crippen molar-refractivity contribution in [2.24, 2.45) is 5.10 Å². The molecule has 0 fully saturated rings. The Kier molecular flexibility index (Phi) is 8.61. The fourth-order valence-corrected chi connectivity index (χ4v) is 4.93. The highest BCUT2D eigenvalue weighted by Crippen LogP contribution is 2.25. The highest BCUT2D eigenvalue weighted by atomic mass is 79.9. The molecule has 11 heteroatoms. The van der Waals surface area contributed by atoms with Crippen molar-refractivity contribution in [1.82, 2.24) is 9.73 Å². The van der Waals surface area contributed by atoms with Crippen molar-refractivity contribution in [3.05, 3.63) is 98.2 Å². The van der Waals surface area contributed by atoms with Gasteiger partial charge in [0.2, 0.25) is 10.0 Å². The monoisotopic (exact) mass is 571 g/mol. The minimum Gasteiger partial charge on any atom is -0.272 e. The first-order valence-electron chi connectivity index (χ1n) is 9.43. The van der Waals surface area contributed by atoms with Gasteiger partial charge in [0.05, 0.1) is 17.7 Å². The molecule has 33 heavy (non-hydrogen) atoms. The summed E-state index contributed by atoms with van der Waals surface area (Å²) < 4.78 is 42.5. The van der Waals surface area contributed by atoms with Gasteiger partial charge in [-0.2, -0.15) is 9.41 Å². The molecule has 0 aliphatic rings. The third-order valence-corrected chi connectivity index (χ3v) is 7.32. The number of nitrogens with zero attached hydrogens (tertiary/aromatic N) is 2. The van der Waals surface area contributed by atoms with Crippen LogP contribution in [0.3, 0.4) is 0 Å². The van der Waals surface area contributed by atoms with E-state index in [2.05, 4.69) is 26.5 Å². The number of rotatable bonds is 8. The lowest BCUT2D eigenvalue weighted by atomic mass is 10.2. The summed E-state index contributed by atoms with van der Waals surface area (Å²) in [6, 6.07) is 16.6. The number of carbonyl (C=O) groups excluding carboxylic acids is 1. The van der Waals surface area contributed by atoms with Gasteiger partial charge in [-0.05, 0) is 54.1 Å². The maximum atomic E-state index is 14.4. The zero-order valence-corrected chi connectivity index (χ0v) is 20.8. The predicted molar refractivity (Wildman–Crippen MR) is 130 cm³/mol. The number of sulfonamides is 1. The van der Waals surface area contributed by atoms with Gasteiger partial charge in [-0.1, -0.05) is 57.3 Å². The van der Waals surface area contributed by atoms with E-state index in [1.54, 1.807) is 18.2 Å². The summed E-state index contributed by atoms with van der Waals surface area (Å²) >= 11 is 15.3. The molecular weight excluding hydrogens is 556 g/mol. The van der Waals surface area contributed by atoms with E-state index in [0.29, 0.717) is 10.6 Å². The summed E-state index contributed by atoms with van der Waals surface area (Å²) in [7, 11) is -4.20. The SMILES string of the molecule is O=C(CN(Cc1c(F)cccc1Cl)S(=O)(=O)c1ccc(Cl)cc1)N/N=C\c1cccc(Br)c1. The lowest BCUT2D eigenvalue weighted by molar-refractivity contribution is -0.121. The van der Waals surface area contributed by atoms with Crippen molar-refractivity contribution in [1.29, 1.82) is 0 Å². The van der Waals surface area contributed by atoms with Gasteiger partial charge in [-0.15, -0.1) is 0 Å². The first-order valence-corrected chi connectivity index (χ1v) is 12.4. The Morgan fingerprint density at radius 3 is 2.45 bits per heavy atom. The summed E-state index contributed by atoms with van der Waals surface area (Å²) in [5.74, 6) is -1.40. The van der Waals surface area contributed by atoms with Crippen LogP contribution in [0.4, 0.5) is 4.39 Å². The molecule has 0 bridgehead atoms. The molecular formula is C22H17BrCl2FN3O3S. The first-order chi connectivity index (χ1) is 15.7. The summed E-state index contributed by atoms with van der Waals surface area (Å²) in [4.78, 5) is 12.4. The summed E-state index contributed by atoms with van der Waals surface area (Å²) in [6.07, 6.45) is 1.41. The Morgan fingerprint density at radius 2 is 1.79 bits per heavy atom. The molecule has 0 aliphatic carbocycles. The molecule has 0 saturated carbocycles. The summed E-state index contributed by atoms with van der Waals surface area (Å²) in [5, 5.41) is 4.25. The van der Waals surface area contributed by atoms with Crippen LogP contribution in [0.1, 0.15) is 11.1 Å². The number of hydrazone groups is 1. The molecule has 0 spiro atoms. The maximum absolute atomic E-state index is 14.4. The van der Waals surface area contributed by atoms with Crippen molar-refractivity contribution >= 4 is 61.3 Å². The quantitative estimate of drug-likeness (QED) is 0.296. The molecule has 0 aromatic heterocycles. The Morgan fingerprint density at radius 1 is 1.09 bits per heavy atom. The van der Waals surface area contributed by atoms with Crippen molar-refractivity contribution < 1.29 is 17.6 Å². The van der Waals surface area contributed by atoms with Crippen LogP contribution in [0.25, 0.3) is 0 Å². The minimum absolute atomic E-state index is 0.0411. The molecule has 6 nitrogen and oxygen atoms in total. The number of carbonyl (C=O) groups is 1. The number of nitrogens with one attached hydrogen (secondary N) is 1. The van der Waals surface area contributed by atoms with Crippen LogP contribution in [0.15, 0.2) is 81.2 Å². The van der Waals surface area contributed by atoms with Crippen LogP contribution in [0.5, 0.6) is 0 Å². The highest BCUT2D eigenvalue weighted by Gasteiger charge is 2.28. The van der Waals surface area contributed by atoms with Crippen LogP contribution in [0.2, 0.25) is 10.0 Å². The average molecular weight is 573 g/mol. The zero-order valence-electron chi connectivity index (χ0n) is 16.9. The van der Waals surface area contributed by atoms with Gasteiger partial charge in [0.1, 0.15) is 5.82 Å². The fourth-order valence-electron chi connectivity index (χ4n) is 2.80. The largest absolute Gasteiger partial charge is 0.272 e. The van der Waals surface area contributed by atoms with E-state index < -0.39 is 34.8 Å². The number of hydrogen-bond donors (Lipinski definition) is 1. The van der Waals surface area contributed by atoms with Gasteiger partial charge < -0.3 is 0 Å². The van der Waals surface area contributed by atoms with Gasteiger partial charge in [-0.25, -0.2) is 18.2 Å². The van der Waals surface area contributed by atoms with E-state index in [1.165, 1.54) is 42.6 Å². The maximum Gasteiger partial charge on any atom is 0.255 e. The van der Waals surface area contributed by atoms with E-state index in [4.69, 9.17) is 23.2 Å². The molecule has 0 aliphatic heterocycles. The van der Waals surface area contributed by atoms with Crippen molar-refractivity contribution in [3.8, 4) is 0 Å². The van der Waals surface area contributed by atoms with Crippen LogP contribution < -0.4 is 5.43 Å². The van der Waals surface area contributed by atoms with Crippen LogP contribution in [-0.2, 0) is 21.4 Å². The second kappa shape index (κ2) is 11.2. The zero-order chi connectivity index (χ0) is 24.0. The minimum atomic E-state index is -4.20. The van der Waals surface area contributed by atoms with Crippen molar-refractivity contribution in [2.45, 2.75) is 11.4 Å². The lowest BCUT2D eigenvalue weighted by Gasteiger charge is -2.22. The average Bonchev–Trinajstić information content (AvgIpc) is 2.76. The lowest BCUT2D eigenvalue weighted by Crippen LogP contribution is -2.39. The molecule has 1 amide bonds. The van der Waals surface area contributed by atoms with E-state index in [1.807, 2.05) is 6.07 Å². The van der Waals surface area contributed by atoms with E-state index in [-0.39, 0.29) is 15.5 Å². The number of halogens is 4. The topological polar surface area (TPSA) is 78.8 Å². The van der Waals surface area contributed by atoms with Crippen LogP contribution in [0, 0.1) is 5.82 Å². The molecule has 0 unspecified atom stereocenters. The van der Waals surface area contributed by atoms with E-state index in [0.717, 1.165) is 14.8 Å². The Labute approximate surface area is 209 Å². The second-order valence-corrected chi connectivity index (χ2v) is 10.5. The second-order valence-electron chi connectivity index (χ2n) is 6.78. The third kappa shape index (κ3) is 6.84. The Bertz CT molecular complexity index is 1270. The van der Waals surface area contributed by atoms with Crippen LogP contribution >= 0.6 is 39.1 Å². The molecule has 0 radical (unpaired) electrons. The van der Waals surface area contributed by atoms with E-state index >= 15 is 0 Å². The van der Waals surface area contributed by atoms with Crippen molar-refractivity contribution in [2.75, 3.05) is 6.54 Å². The first kappa shape index (κ1) is 25.3. The van der Waals surface area contributed by atoms with Gasteiger partial charge in [0, 0.05) is 26.6 Å². The number of amides is 1. The fraction of sp³-hybridized carbons (Fsp3) is 0.0909. The molecule has 3 aromatic carbocycles. The molecule has 0 heterocycles. The number of benzene rings is 3. The van der Waals surface area contributed by atoms with Gasteiger partial charge in [-0.3, -0.25) is 4.79 Å². The molecule has 1 N–H and O–H groups in total. The van der Waals surface area contributed by atoms with Gasteiger partial charge in [0.25, 0.3) is 5.91 Å². The smallest absolute Gasteiger partial charge is 0.255 e.